The maximum Gasteiger partial charge on any atom is 0.231 e. The lowest BCUT2D eigenvalue weighted by molar-refractivity contribution is -0.119. The van der Waals surface area contributed by atoms with Gasteiger partial charge in [0.25, 0.3) is 0 Å². The van der Waals surface area contributed by atoms with Crippen LogP contribution >= 0.6 is 11.6 Å². The zero-order valence-corrected chi connectivity index (χ0v) is 10.9. The van der Waals surface area contributed by atoms with Crippen molar-refractivity contribution in [2.45, 2.75) is 6.54 Å². The Morgan fingerprint density at radius 3 is 2.83 bits per heavy atom. The number of nitrogens with zero attached hydrogens (tertiary/aromatic N) is 1. The minimum Gasteiger partial charge on any atom is -0.383 e. The van der Waals surface area contributed by atoms with E-state index >= 15 is 0 Å². The summed E-state index contributed by atoms with van der Waals surface area (Å²) < 4.78 is 18.5. The highest BCUT2D eigenvalue weighted by Gasteiger charge is 2.14. The Hall–Kier alpha value is -1.17. The van der Waals surface area contributed by atoms with E-state index in [0.717, 1.165) is 0 Å². The molecule has 0 unspecified atom stereocenters. The minimum absolute atomic E-state index is 0.0357. The van der Waals surface area contributed by atoms with Crippen molar-refractivity contribution >= 4 is 17.5 Å². The molecule has 0 saturated heterocycles. The van der Waals surface area contributed by atoms with E-state index in [0.29, 0.717) is 23.7 Å². The fraction of sp³-hybridized carbons (Fsp3) is 0.417. The van der Waals surface area contributed by atoms with Gasteiger partial charge in [0.15, 0.2) is 0 Å². The summed E-state index contributed by atoms with van der Waals surface area (Å²) in [4.78, 5) is 12.6. The summed E-state index contributed by atoms with van der Waals surface area (Å²) in [5, 5.41) is 0.335. The first kappa shape index (κ1) is 14.9. The maximum atomic E-state index is 13.6. The number of amides is 1. The van der Waals surface area contributed by atoms with Gasteiger partial charge in [0, 0.05) is 30.8 Å². The Kier molecular flexibility index (Phi) is 6.04. The molecule has 2 N–H and O–H groups in total. The molecule has 1 aromatic rings. The Labute approximate surface area is 110 Å². The summed E-state index contributed by atoms with van der Waals surface area (Å²) in [7, 11) is 1.55. The standard InChI is InChI=1S/C12H16ClFN2O2/c1-18-6-5-16(8-12(15)17)7-9-10(13)3-2-4-11(9)14/h2-4H,5-8H2,1H3,(H2,15,17). The number of hydrogen-bond acceptors (Lipinski definition) is 3. The molecule has 0 radical (unpaired) electrons. The van der Waals surface area contributed by atoms with Crippen molar-refractivity contribution in [3.63, 3.8) is 0 Å². The number of hydrogen-bond donors (Lipinski definition) is 1. The number of rotatable bonds is 7. The number of methoxy groups -OCH3 is 1. The lowest BCUT2D eigenvalue weighted by Crippen LogP contribution is -2.35. The molecular formula is C12H16ClFN2O2. The van der Waals surface area contributed by atoms with Gasteiger partial charge in [-0.15, -0.1) is 0 Å². The van der Waals surface area contributed by atoms with E-state index < -0.39 is 11.7 Å². The molecule has 0 fully saturated rings. The number of carbonyl (C=O) groups is 1. The van der Waals surface area contributed by atoms with Crippen LogP contribution in [0.5, 0.6) is 0 Å². The van der Waals surface area contributed by atoms with Gasteiger partial charge in [-0.25, -0.2) is 4.39 Å². The van der Waals surface area contributed by atoms with Gasteiger partial charge in [0.05, 0.1) is 13.2 Å². The molecule has 0 aliphatic rings. The first-order chi connectivity index (χ1) is 8.54. The molecule has 1 aromatic carbocycles. The lowest BCUT2D eigenvalue weighted by Gasteiger charge is -2.21. The Morgan fingerprint density at radius 2 is 2.28 bits per heavy atom. The van der Waals surface area contributed by atoms with E-state index in [2.05, 4.69) is 0 Å². The Morgan fingerprint density at radius 1 is 1.56 bits per heavy atom. The summed E-state index contributed by atoms with van der Waals surface area (Å²) in [6, 6.07) is 4.48. The average molecular weight is 275 g/mol. The topological polar surface area (TPSA) is 55.6 Å². The van der Waals surface area contributed by atoms with Crippen molar-refractivity contribution in [1.29, 1.82) is 0 Å². The number of carbonyl (C=O) groups excluding carboxylic acids is 1. The zero-order chi connectivity index (χ0) is 13.5. The van der Waals surface area contributed by atoms with E-state index in [1.165, 1.54) is 12.1 Å². The van der Waals surface area contributed by atoms with E-state index in [-0.39, 0.29) is 13.1 Å². The van der Waals surface area contributed by atoms with Crippen LogP contribution in [-0.2, 0) is 16.1 Å². The zero-order valence-electron chi connectivity index (χ0n) is 10.2. The van der Waals surface area contributed by atoms with Crippen LogP contribution in [0.2, 0.25) is 5.02 Å². The number of nitrogens with two attached hydrogens (primary N) is 1. The summed E-state index contributed by atoms with van der Waals surface area (Å²) in [6.45, 7) is 1.16. The molecule has 6 heteroatoms. The van der Waals surface area contributed by atoms with Crippen molar-refractivity contribution in [1.82, 2.24) is 4.90 Å². The van der Waals surface area contributed by atoms with E-state index in [4.69, 9.17) is 22.1 Å². The summed E-state index contributed by atoms with van der Waals surface area (Å²) in [5.41, 5.74) is 5.50. The monoisotopic (exact) mass is 274 g/mol. The average Bonchev–Trinajstić information content (AvgIpc) is 2.30. The largest absolute Gasteiger partial charge is 0.383 e. The third kappa shape index (κ3) is 4.60. The van der Waals surface area contributed by atoms with Crippen molar-refractivity contribution in [3.05, 3.63) is 34.6 Å². The van der Waals surface area contributed by atoms with Crippen LogP contribution in [0, 0.1) is 5.82 Å². The molecule has 1 rings (SSSR count). The second-order valence-electron chi connectivity index (χ2n) is 3.87. The maximum absolute atomic E-state index is 13.6. The molecule has 0 atom stereocenters. The van der Waals surface area contributed by atoms with Crippen LogP contribution in [0.25, 0.3) is 0 Å². The first-order valence-corrected chi connectivity index (χ1v) is 5.85. The Bertz CT molecular complexity index is 395. The van der Waals surface area contributed by atoms with Crippen LogP contribution in [0.15, 0.2) is 18.2 Å². The van der Waals surface area contributed by atoms with Crippen LogP contribution in [0.3, 0.4) is 0 Å². The molecule has 0 bridgehead atoms. The molecule has 18 heavy (non-hydrogen) atoms. The van der Waals surface area contributed by atoms with E-state index in [1.54, 1.807) is 18.1 Å². The molecule has 0 aromatic heterocycles. The second-order valence-corrected chi connectivity index (χ2v) is 4.28. The highest BCUT2D eigenvalue weighted by molar-refractivity contribution is 6.31. The van der Waals surface area contributed by atoms with Crippen molar-refractivity contribution in [2.24, 2.45) is 5.73 Å². The van der Waals surface area contributed by atoms with E-state index in [1.807, 2.05) is 0 Å². The molecule has 0 spiro atoms. The van der Waals surface area contributed by atoms with Crippen LogP contribution in [0.1, 0.15) is 5.56 Å². The van der Waals surface area contributed by atoms with Crippen LogP contribution in [0.4, 0.5) is 4.39 Å². The summed E-state index contributed by atoms with van der Waals surface area (Å²) in [6.07, 6.45) is 0. The number of ether oxygens (including phenoxy) is 1. The van der Waals surface area contributed by atoms with Crippen molar-refractivity contribution < 1.29 is 13.9 Å². The van der Waals surface area contributed by atoms with Crippen LogP contribution in [-0.4, -0.2) is 37.6 Å². The van der Waals surface area contributed by atoms with Crippen molar-refractivity contribution in [2.75, 3.05) is 26.8 Å². The highest BCUT2D eigenvalue weighted by Crippen LogP contribution is 2.20. The molecular weight excluding hydrogens is 259 g/mol. The number of benzene rings is 1. The molecule has 0 aliphatic carbocycles. The quantitative estimate of drug-likeness (QED) is 0.818. The Balaban J connectivity index is 2.78. The van der Waals surface area contributed by atoms with Gasteiger partial charge < -0.3 is 10.5 Å². The smallest absolute Gasteiger partial charge is 0.231 e. The first-order valence-electron chi connectivity index (χ1n) is 5.47. The summed E-state index contributed by atoms with van der Waals surface area (Å²) in [5.74, 6) is -0.868. The molecule has 100 valence electrons. The number of primary amides is 1. The van der Waals surface area contributed by atoms with Gasteiger partial charge in [-0.05, 0) is 12.1 Å². The molecule has 4 nitrogen and oxygen atoms in total. The third-order valence-corrected chi connectivity index (χ3v) is 2.79. The normalized spacial score (nSPS) is 10.9. The lowest BCUT2D eigenvalue weighted by atomic mass is 10.2. The summed E-state index contributed by atoms with van der Waals surface area (Å²) >= 11 is 5.93. The van der Waals surface area contributed by atoms with Gasteiger partial charge in [0.2, 0.25) is 5.91 Å². The van der Waals surface area contributed by atoms with Crippen LogP contribution < -0.4 is 5.73 Å². The highest BCUT2D eigenvalue weighted by atomic mass is 35.5. The third-order valence-electron chi connectivity index (χ3n) is 2.43. The molecule has 0 saturated carbocycles. The minimum atomic E-state index is -0.474. The molecule has 0 aliphatic heterocycles. The van der Waals surface area contributed by atoms with E-state index in [9.17, 15) is 9.18 Å². The van der Waals surface area contributed by atoms with Gasteiger partial charge in [0.1, 0.15) is 5.82 Å². The predicted molar refractivity (Wildman–Crippen MR) is 67.8 cm³/mol. The predicted octanol–water partition coefficient (Wildman–Crippen LogP) is 1.41. The van der Waals surface area contributed by atoms with Crippen molar-refractivity contribution in [3.8, 4) is 0 Å². The molecule has 1 amide bonds. The van der Waals surface area contributed by atoms with Gasteiger partial charge in [-0.3, -0.25) is 9.69 Å². The fourth-order valence-corrected chi connectivity index (χ4v) is 1.78. The second kappa shape index (κ2) is 7.31. The molecule has 0 heterocycles. The fourth-order valence-electron chi connectivity index (χ4n) is 1.56. The van der Waals surface area contributed by atoms with Gasteiger partial charge in [-0.2, -0.15) is 0 Å². The van der Waals surface area contributed by atoms with Gasteiger partial charge in [-0.1, -0.05) is 17.7 Å². The van der Waals surface area contributed by atoms with Gasteiger partial charge >= 0.3 is 0 Å². The number of halogens is 2. The SMILES string of the molecule is COCCN(CC(N)=O)Cc1c(F)cccc1Cl.